The molecular formula is C26H25N3O4S. The van der Waals surface area contributed by atoms with Gasteiger partial charge in [-0.25, -0.2) is 4.98 Å². The van der Waals surface area contributed by atoms with Gasteiger partial charge in [0.25, 0.3) is 0 Å². The molecule has 0 saturated carbocycles. The zero-order chi connectivity index (χ0) is 23.9. The fraction of sp³-hybridized carbons (Fsp3) is 0.154. The van der Waals surface area contributed by atoms with Gasteiger partial charge >= 0.3 is 0 Å². The number of thioether (sulfide) groups is 1. The smallest absolute Gasteiger partial charge is 0.234 e. The lowest BCUT2D eigenvalue weighted by atomic mass is 10.1. The van der Waals surface area contributed by atoms with Crippen LogP contribution in [0.1, 0.15) is 0 Å². The molecule has 4 aromatic rings. The lowest BCUT2D eigenvalue weighted by Crippen LogP contribution is -2.14. The zero-order valence-electron chi connectivity index (χ0n) is 19.1. The van der Waals surface area contributed by atoms with E-state index in [1.54, 1.807) is 33.5 Å². The standard InChI is InChI=1S/C26H25N3O4S/c1-31-21-10-4-18(5-11-21)24-16-29(20-8-14-23(33-3)15-9-20)26(28-24)34-17-25(30)27-19-6-12-22(32-2)13-7-19/h4-16H,17H2,1-3H3,(H,27,30). The maximum absolute atomic E-state index is 12.6. The molecule has 0 aliphatic carbocycles. The number of rotatable bonds is 9. The molecule has 1 N–H and O–H groups in total. The van der Waals surface area contributed by atoms with Crippen molar-refractivity contribution < 1.29 is 19.0 Å². The number of methoxy groups -OCH3 is 3. The Morgan fingerprint density at radius 2 is 1.35 bits per heavy atom. The molecule has 0 aliphatic heterocycles. The van der Waals surface area contributed by atoms with E-state index in [1.165, 1.54) is 11.8 Å². The number of hydrogen-bond acceptors (Lipinski definition) is 6. The van der Waals surface area contributed by atoms with Crippen molar-refractivity contribution in [3.63, 3.8) is 0 Å². The summed E-state index contributed by atoms with van der Waals surface area (Å²) in [5.41, 5.74) is 3.39. The van der Waals surface area contributed by atoms with Crippen LogP contribution in [0.5, 0.6) is 17.2 Å². The van der Waals surface area contributed by atoms with Crippen molar-refractivity contribution in [2.75, 3.05) is 32.4 Å². The molecule has 3 aromatic carbocycles. The number of imidazole rings is 1. The summed E-state index contributed by atoms with van der Waals surface area (Å²) >= 11 is 1.37. The fourth-order valence-corrected chi connectivity index (χ4v) is 4.09. The van der Waals surface area contributed by atoms with E-state index < -0.39 is 0 Å². The summed E-state index contributed by atoms with van der Waals surface area (Å²) < 4.78 is 17.7. The normalized spacial score (nSPS) is 10.6. The molecule has 1 amide bonds. The molecular weight excluding hydrogens is 450 g/mol. The number of nitrogens with zero attached hydrogens (tertiary/aromatic N) is 2. The van der Waals surface area contributed by atoms with Crippen LogP contribution in [0.2, 0.25) is 0 Å². The number of anilines is 1. The second-order valence-corrected chi connectivity index (χ2v) is 8.21. The van der Waals surface area contributed by atoms with Crippen LogP contribution in [-0.2, 0) is 4.79 Å². The number of carbonyl (C=O) groups is 1. The minimum atomic E-state index is -0.120. The van der Waals surface area contributed by atoms with Gasteiger partial charge in [-0.05, 0) is 72.8 Å². The lowest BCUT2D eigenvalue weighted by molar-refractivity contribution is -0.113. The first-order valence-corrected chi connectivity index (χ1v) is 11.5. The van der Waals surface area contributed by atoms with Crippen LogP contribution < -0.4 is 19.5 Å². The summed E-state index contributed by atoms with van der Waals surface area (Å²) in [7, 11) is 4.88. The molecule has 1 aromatic heterocycles. The summed E-state index contributed by atoms with van der Waals surface area (Å²) in [6, 6.07) is 22.7. The summed E-state index contributed by atoms with van der Waals surface area (Å²) in [4.78, 5) is 17.4. The van der Waals surface area contributed by atoms with Crippen molar-refractivity contribution in [3.8, 4) is 34.2 Å². The monoisotopic (exact) mass is 475 g/mol. The molecule has 0 saturated heterocycles. The number of nitrogens with one attached hydrogen (secondary N) is 1. The first-order chi connectivity index (χ1) is 16.6. The minimum Gasteiger partial charge on any atom is -0.497 e. The van der Waals surface area contributed by atoms with Gasteiger partial charge < -0.3 is 19.5 Å². The molecule has 8 heteroatoms. The first kappa shape index (κ1) is 23.3. The average Bonchev–Trinajstić information content (AvgIpc) is 3.32. The van der Waals surface area contributed by atoms with Crippen LogP contribution >= 0.6 is 11.8 Å². The Balaban J connectivity index is 1.55. The molecule has 0 bridgehead atoms. The van der Waals surface area contributed by atoms with Crippen LogP contribution in [-0.4, -0.2) is 42.5 Å². The Bertz CT molecular complexity index is 1240. The van der Waals surface area contributed by atoms with Gasteiger partial charge in [0.1, 0.15) is 17.2 Å². The Hall–Kier alpha value is -3.91. The van der Waals surface area contributed by atoms with E-state index in [9.17, 15) is 4.79 Å². The average molecular weight is 476 g/mol. The van der Waals surface area contributed by atoms with Crippen LogP contribution in [0.25, 0.3) is 16.9 Å². The number of aromatic nitrogens is 2. The molecule has 0 atom stereocenters. The number of benzene rings is 3. The van der Waals surface area contributed by atoms with Gasteiger partial charge in [0, 0.05) is 23.1 Å². The highest BCUT2D eigenvalue weighted by Crippen LogP contribution is 2.29. The van der Waals surface area contributed by atoms with Crippen LogP contribution in [0.15, 0.2) is 84.1 Å². The van der Waals surface area contributed by atoms with E-state index in [4.69, 9.17) is 19.2 Å². The van der Waals surface area contributed by atoms with Gasteiger partial charge in [0.15, 0.2) is 5.16 Å². The Morgan fingerprint density at radius 1 is 0.824 bits per heavy atom. The molecule has 174 valence electrons. The molecule has 0 aliphatic rings. The van der Waals surface area contributed by atoms with Gasteiger partial charge in [0.2, 0.25) is 5.91 Å². The molecule has 0 unspecified atom stereocenters. The maximum atomic E-state index is 12.6. The van der Waals surface area contributed by atoms with Crippen molar-refractivity contribution in [2.45, 2.75) is 5.16 Å². The highest BCUT2D eigenvalue weighted by Gasteiger charge is 2.14. The van der Waals surface area contributed by atoms with Gasteiger partial charge in [-0.2, -0.15) is 0 Å². The molecule has 34 heavy (non-hydrogen) atoms. The highest BCUT2D eigenvalue weighted by atomic mass is 32.2. The van der Waals surface area contributed by atoms with Crippen molar-refractivity contribution in [1.29, 1.82) is 0 Å². The quantitative estimate of drug-likeness (QED) is 0.331. The Labute approximate surface area is 202 Å². The molecule has 0 radical (unpaired) electrons. The second-order valence-electron chi connectivity index (χ2n) is 7.27. The molecule has 7 nitrogen and oxygen atoms in total. The highest BCUT2D eigenvalue weighted by molar-refractivity contribution is 7.99. The maximum Gasteiger partial charge on any atom is 0.234 e. The predicted molar refractivity (Wildman–Crippen MR) is 134 cm³/mol. The van der Waals surface area contributed by atoms with E-state index in [0.29, 0.717) is 10.8 Å². The topological polar surface area (TPSA) is 74.6 Å². The zero-order valence-corrected chi connectivity index (χ0v) is 20.0. The molecule has 4 rings (SSSR count). The minimum absolute atomic E-state index is 0.120. The molecule has 0 fully saturated rings. The summed E-state index contributed by atoms with van der Waals surface area (Å²) in [5, 5.41) is 3.62. The van der Waals surface area contributed by atoms with Crippen molar-refractivity contribution in [2.24, 2.45) is 0 Å². The van der Waals surface area contributed by atoms with Crippen molar-refractivity contribution in [3.05, 3.63) is 79.0 Å². The van der Waals surface area contributed by atoms with E-state index in [1.807, 2.05) is 71.4 Å². The Kier molecular flexibility index (Phi) is 7.39. The number of ether oxygens (including phenoxy) is 3. The van der Waals surface area contributed by atoms with E-state index in [0.717, 1.165) is 34.2 Å². The van der Waals surface area contributed by atoms with Crippen LogP contribution in [0.3, 0.4) is 0 Å². The van der Waals surface area contributed by atoms with Gasteiger partial charge in [0.05, 0.1) is 32.8 Å². The Morgan fingerprint density at radius 3 is 1.91 bits per heavy atom. The van der Waals surface area contributed by atoms with E-state index in [2.05, 4.69) is 5.32 Å². The first-order valence-electron chi connectivity index (χ1n) is 10.5. The van der Waals surface area contributed by atoms with Gasteiger partial charge in [-0.1, -0.05) is 11.8 Å². The predicted octanol–water partition coefficient (Wildman–Crippen LogP) is 5.30. The third-order valence-electron chi connectivity index (χ3n) is 5.12. The van der Waals surface area contributed by atoms with Crippen LogP contribution in [0, 0.1) is 0 Å². The van der Waals surface area contributed by atoms with Crippen molar-refractivity contribution >= 4 is 23.4 Å². The third kappa shape index (κ3) is 5.52. The third-order valence-corrected chi connectivity index (χ3v) is 6.07. The molecule has 1 heterocycles. The van der Waals surface area contributed by atoms with Gasteiger partial charge in [-0.3, -0.25) is 9.36 Å². The largest absolute Gasteiger partial charge is 0.497 e. The fourth-order valence-electron chi connectivity index (χ4n) is 3.30. The lowest BCUT2D eigenvalue weighted by Gasteiger charge is -2.09. The SMILES string of the molecule is COc1ccc(NC(=O)CSc2nc(-c3ccc(OC)cc3)cn2-c2ccc(OC)cc2)cc1. The van der Waals surface area contributed by atoms with E-state index >= 15 is 0 Å². The number of amides is 1. The summed E-state index contributed by atoms with van der Waals surface area (Å²) in [6.07, 6.45) is 1.97. The summed E-state index contributed by atoms with van der Waals surface area (Å²) in [5.74, 6) is 2.38. The molecule has 0 spiro atoms. The summed E-state index contributed by atoms with van der Waals surface area (Å²) in [6.45, 7) is 0. The van der Waals surface area contributed by atoms with Crippen molar-refractivity contribution in [1.82, 2.24) is 9.55 Å². The van der Waals surface area contributed by atoms with Crippen LogP contribution in [0.4, 0.5) is 5.69 Å². The second kappa shape index (κ2) is 10.8. The number of hydrogen-bond donors (Lipinski definition) is 1. The van der Waals surface area contributed by atoms with E-state index in [-0.39, 0.29) is 11.7 Å². The van der Waals surface area contributed by atoms with Gasteiger partial charge in [-0.15, -0.1) is 0 Å². The number of carbonyl (C=O) groups excluding carboxylic acids is 1.